The molecule has 4 nitrogen and oxygen atoms in total. The van der Waals surface area contributed by atoms with E-state index in [1.807, 2.05) is 43.2 Å². The first-order valence-corrected chi connectivity index (χ1v) is 6.03. The summed E-state index contributed by atoms with van der Waals surface area (Å²) in [5.74, 6) is 0.878. The maximum atomic E-state index is 5.17. The van der Waals surface area contributed by atoms with Crippen LogP contribution in [0.2, 0.25) is 0 Å². The molecule has 1 atom stereocenters. The van der Waals surface area contributed by atoms with Crippen LogP contribution in [0.5, 0.6) is 5.75 Å². The summed E-state index contributed by atoms with van der Waals surface area (Å²) >= 11 is 0. The molecule has 0 aliphatic carbocycles. The zero-order valence-electron chi connectivity index (χ0n) is 11.1. The normalized spacial score (nSPS) is 12.4. The lowest BCUT2D eigenvalue weighted by atomic mass is 10.1. The molecule has 0 fully saturated rings. The number of hydrogen-bond donors (Lipinski definition) is 1. The zero-order valence-corrected chi connectivity index (χ0v) is 11.1. The van der Waals surface area contributed by atoms with Crippen LogP contribution in [0.1, 0.15) is 17.2 Å². The minimum Gasteiger partial charge on any atom is -0.497 e. The van der Waals surface area contributed by atoms with E-state index in [-0.39, 0.29) is 6.04 Å². The summed E-state index contributed by atoms with van der Waals surface area (Å²) < 4.78 is 7.13. The SMILES string of the molecule is CNC(Cn1cc(C)cn1)c1ccc(OC)cc1. The Balaban J connectivity index is 2.12. The van der Waals surface area contributed by atoms with Gasteiger partial charge in [-0.1, -0.05) is 12.1 Å². The minimum atomic E-state index is 0.246. The Labute approximate surface area is 108 Å². The third kappa shape index (κ3) is 2.90. The van der Waals surface area contributed by atoms with E-state index >= 15 is 0 Å². The molecule has 0 bridgehead atoms. The number of benzene rings is 1. The Hall–Kier alpha value is -1.81. The van der Waals surface area contributed by atoms with Crippen LogP contribution in [0.4, 0.5) is 0 Å². The van der Waals surface area contributed by atoms with Gasteiger partial charge in [-0.15, -0.1) is 0 Å². The van der Waals surface area contributed by atoms with E-state index in [2.05, 4.69) is 22.5 Å². The van der Waals surface area contributed by atoms with Crippen molar-refractivity contribution in [1.29, 1.82) is 0 Å². The molecular weight excluding hydrogens is 226 g/mol. The van der Waals surface area contributed by atoms with E-state index in [1.165, 1.54) is 11.1 Å². The first kappa shape index (κ1) is 12.6. The molecule has 0 amide bonds. The fourth-order valence-corrected chi connectivity index (χ4v) is 1.95. The lowest BCUT2D eigenvalue weighted by Gasteiger charge is -2.17. The monoisotopic (exact) mass is 245 g/mol. The standard InChI is InChI=1S/C14H19N3O/c1-11-8-16-17(9-11)10-14(15-2)12-4-6-13(18-3)7-5-12/h4-9,14-15H,10H2,1-3H3. The van der Waals surface area contributed by atoms with Crippen molar-refractivity contribution in [3.05, 3.63) is 47.8 Å². The molecule has 0 aliphatic heterocycles. The van der Waals surface area contributed by atoms with Gasteiger partial charge in [0.1, 0.15) is 5.75 Å². The van der Waals surface area contributed by atoms with Crippen LogP contribution in [0, 0.1) is 6.92 Å². The van der Waals surface area contributed by atoms with Gasteiger partial charge in [0.05, 0.1) is 25.9 Å². The molecule has 1 aromatic carbocycles. The second-order valence-corrected chi connectivity index (χ2v) is 4.35. The van der Waals surface area contributed by atoms with E-state index in [9.17, 15) is 0 Å². The average Bonchev–Trinajstić information content (AvgIpc) is 2.82. The zero-order chi connectivity index (χ0) is 13.0. The summed E-state index contributed by atoms with van der Waals surface area (Å²) in [4.78, 5) is 0. The van der Waals surface area contributed by atoms with Crippen molar-refractivity contribution < 1.29 is 4.74 Å². The molecule has 0 saturated heterocycles. The number of likely N-dealkylation sites (N-methyl/N-ethyl adjacent to an activating group) is 1. The van der Waals surface area contributed by atoms with E-state index in [0.29, 0.717) is 0 Å². The molecular formula is C14H19N3O. The number of nitrogens with one attached hydrogen (secondary N) is 1. The van der Waals surface area contributed by atoms with Crippen molar-refractivity contribution in [1.82, 2.24) is 15.1 Å². The first-order chi connectivity index (χ1) is 8.72. The predicted molar refractivity (Wildman–Crippen MR) is 71.8 cm³/mol. The van der Waals surface area contributed by atoms with E-state index in [1.54, 1.807) is 7.11 Å². The highest BCUT2D eigenvalue weighted by Crippen LogP contribution is 2.18. The third-order valence-corrected chi connectivity index (χ3v) is 3.00. The highest BCUT2D eigenvalue weighted by Gasteiger charge is 2.10. The van der Waals surface area contributed by atoms with Crippen molar-refractivity contribution in [3.8, 4) is 5.75 Å². The predicted octanol–water partition coefficient (Wildman–Crippen LogP) is 2.16. The second kappa shape index (κ2) is 5.69. The van der Waals surface area contributed by atoms with Crippen molar-refractivity contribution in [2.24, 2.45) is 0 Å². The number of nitrogens with zero attached hydrogens (tertiary/aromatic N) is 2. The van der Waals surface area contributed by atoms with Crippen LogP contribution < -0.4 is 10.1 Å². The average molecular weight is 245 g/mol. The number of aryl methyl sites for hydroxylation is 1. The van der Waals surface area contributed by atoms with Crippen molar-refractivity contribution in [3.63, 3.8) is 0 Å². The Morgan fingerprint density at radius 3 is 2.56 bits per heavy atom. The van der Waals surface area contributed by atoms with Crippen LogP contribution in [0.15, 0.2) is 36.7 Å². The number of rotatable bonds is 5. The smallest absolute Gasteiger partial charge is 0.118 e. The van der Waals surface area contributed by atoms with E-state index in [4.69, 9.17) is 4.74 Å². The molecule has 0 aliphatic rings. The Kier molecular flexibility index (Phi) is 3.99. The number of methoxy groups -OCH3 is 1. The maximum Gasteiger partial charge on any atom is 0.118 e. The van der Waals surface area contributed by atoms with Gasteiger partial charge in [-0.05, 0) is 37.2 Å². The molecule has 4 heteroatoms. The number of aromatic nitrogens is 2. The van der Waals surface area contributed by atoms with Crippen LogP contribution in [-0.4, -0.2) is 23.9 Å². The lowest BCUT2D eigenvalue weighted by Crippen LogP contribution is -2.22. The van der Waals surface area contributed by atoms with Crippen LogP contribution >= 0.6 is 0 Å². The molecule has 0 radical (unpaired) electrons. The van der Waals surface area contributed by atoms with Gasteiger partial charge < -0.3 is 10.1 Å². The molecule has 2 rings (SSSR count). The van der Waals surface area contributed by atoms with Gasteiger partial charge in [0.2, 0.25) is 0 Å². The van der Waals surface area contributed by atoms with Gasteiger partial charge in [-0.2, -0.15) is 5.10 Å². The van der Waals surface area contributed by atoms with Gasteiger partial charge in [0.15, 0.2) is 0 Å². The van der Waals surface area contributed by atoms with Gasteiger partial charge in [0, 0.05) is 6.20 Å². The maximum absolute atomic E-state index is 5.17. The molecule has 2 aromatic rings. The highest BCUT2D eigenvalue weighted by atomic mass is 16.5. The van der Waals surface area contributed by atoms with Gasteiger partial charge in [0.25, 0.3) is 0 Å². The van der Waals surface area contributed by atoms with Crippen LogP contribution in [0.3, 0.4) is 0 Å². The topological polar surface area (TPSA) is 39.1 Å². The lowest BCUT2D eigenvalue weighted by molar-refractivity contribution is 0.413. The Bertz CT molecular complexity index is 490. The quantitative estimate of drug-likeness (QED) is 0.877. The largest absolute Gasteiger partial charge is 0.497 e. The Morgan fingerprint density at radius 2 is 2.06 bits per heavy atom. The highest BCUT2D eigenvalue weighted by molar-refractivity contribution is 5.29. The molecule has 1 N–H and O–H groups in total. The van der Waals surface area contributed by atoms with E-state index < -0.39 is 0 Å². The van der Waals surface area contributed by atoms with Gasteiger partial charge in [-0.3, -0.25) is 4.68 Å². The van der Waals surface area contributed by atoms with Crippen molar-refractivity contribution in [2.45, 2.75) is 19.5 Å². The summed E-state index contributed by atoms with van der Waals surface area (Å²) in [5.41, 5.74) is 2.41. The molecule has 18 heavy (non-hydrogen) atoms. The van der Waals surface area contributed by atoms with Gasteiger partial charge in [-0.25, -0.2) is 0 Å². The van der Waals surface area contributed by atoms with Crippen LogP contribution in [-0.2, 0) is 6.54 Å². The summed E-state index contributed by atoms with van der Waals surface area (Å²) in [6.07, 6.45) is 3.93. The summed E-state index contributed by atoms with van der Waals surface area (Å²) in [5, 5.41) is 7.63. The Morgan fingerprint density at radius 1 is 1.33 bits per heavy atom. The molecule has 1 heterocycles. The minimum absolute atomic E-state index is 0.246. The number of ether oxygens (including phenoxy) is 1. The van der Waals surface area contributed by atoms with Gasteiger partial charge >= 0.3 is 0 Å². The molecule has 1 unspecified atom stereocenters. The second-order valence-electron chi connectivity index (χ2n) is 4.35. The molecule has 0 spiro atoms. The van der Waals surface area contributed by atoms with Crippen molar-refractivity contribution in [2.75, 3.05) is 14.2 Å². The van der Waals surface area contributed by atoms with E-state index in [0.717, 1.165) is 12.3 Å². The summed E-state index contributed by atoms with van der Waals surface area (Å²) in [6.45, 7) is 2.86. The number of hydrogen-bond acceptors (Lipinski definition) is 3. The van der Waals surface area contributed by atoms with Crippen LogP contribution in [0.25, 0.3) is 0 Å². The first-order valence-electron chi connectivity index (χ1n) is 6.03. The molecule has 1 aromatic heterocycles. The summed E-state index contributed by atoms with van der Waals surface area (Å²) in [7, 11) is 3.64. The fraction of sp³-hybridized carbons (Fsp3) is 0.357. The molecule has 0 saturated carbocycles. The fourth-order valence-electron chi connectivity index (χ4n) is 1.95. The third-order valence-electron chi connectivity index (χ3n) is 3.00. The summed E-state index contributed by atoms with van der Waals surface area (Å²) in [6, 6.07) is 8.37. The molecule has 96 valence electrons. The van der Waals surface area contributed by atoms with Crippen molar-refractivity contribution >= 4 is 0 Å².